The van der Waals surface area contributed by atoms with Crippen LogP contribution < -0.4 is 21.4 Å². The summed E-state index contributed by atoms with van der Waals surface area (Å²) in [7, 11) is -3.09. The molecule has 5 amide bonds. The molecule has 22 heteroatoms. The number of piperidine rings is 2. The molecule has 1 unspecified atom stereocenters. The van der Waals surface area contributed by atoms with Gasteiger partial charge in [0.1, 0.15) is 30.3 Å². The molecule has 0 saturated carbocycles. The summed E-state index contributed by atoms with van der Waals surface area (Å²) in [6.45, 7) is 12.4. The smallest absolute Gasteiger partial charge is 0.329 e. The van der Waals surface area contributed by atoms with Crippen molar-refractivity contribution >= 4 is 75.5 Å². The van der Waals surface area contributed by atoms with Crippen molar-refractivity contribution in [3.05, 3.63) is 105 Å². The van der Waals surface area contributed by atoms with Gasteiger partial charge in [0, 0.05) is 37.8 Å². The Kier molecular flexibility index (Phi) is 17.4. The Hall–Kier alpha value is -6.09. The molecule has 424 valence electrons. The number of benzene rings is 3. The van der Waals surface area contributed by atoms with Crippen LogP contribution in [0.15, 0.2) is 77.6 Å². The van der Waals surface area contributed by atoms with Gasteiger partial charge in [0.05, 0.1) is 35.7 Å². The Balaban J connectivity index is 0.894. The summed E-state index contributed by atoms with van der Waals surface area (Å²) >= 11 is 1.12. The maximum absolute atomic E-state index is 15.8. The maximum atomic E-state index is 15.8. The maximum Gasteiger partial charge on any atom is 0.329 e. The van der Waals surface area contributed by atoms with Gasteiger partial charge in [-0.1, -0.05) is 70.2 Å². The molecule has 4 aliphatic rings. The standard InChI is InChI=1S/C57H72FN8O11PS/c1-7-26-77-55(72)34(2)61-78(74,75)50(58)39-14-17-45-40(30-39)31-46(79-45)52(69)60-49(57(3,4)5)54(71)65-24-21-38(48(65)53(70)64-25-27-76-44(33-64)37-11-9-8-10-12-37)28-35-19-22-63(23-20-35)32-36-13-15-41-43(29-36)62(6)56(73)66(41)42-16-18-47(67)59-51(42)68/h8-15,17,29-31,34-35,38,42,44,48-50H,7,16,18-28,32-33H2,1-6H3,(H,60,69)(H,59,67,68)(H2,61,74,75)/t34-,38-,42-,44-,48-,49+,50+/m0/s1. The minimum absolute atomic E-state index is 0.116. The minimum Gasteiger partial charge on any atom is -0.465 e. The van der Waals surface area contributed by atoms with E-state index in [-0.39, 0.29) is 71.2 Å². The number of carbonyl (C=O) groups is 6. The van der Waals surface area contributed by atoms with Crippen LogP contribution in [-0.2, 0) is 51.6 Å². The second kappa shape index (κ2) is 23.9. The van der Waals surface area contributed by atoms with Gasteiger partial charge in [-0.25, -0.2) is 14.3 Å². The van der Waals surface area contributed by atoms with Crippen molar-refractivity contribution in [2.45, 2.75) is 122 Å². The van der Waals surface area contributed by atoms with E-state index in [0.29, 0.717) is 66.7 Å². The number of alkyl halides is 1. The molecule has 19 nitrogen and oxygen atoms in total. The van der Waals surface area contributed by atoms with Crippen LogP contribution in [0, 0.1) is 17.3 Å². The number of nitrogens with one attached hydrogen (secondary N) is 3. The number of thiophene rings is 1. The molecule has 3 aromatic carbocycles. The molecule has 0 spiro atoms. The van der Waals surface area contributed by atoms with Gasteiger partial charge < -0.3 is 29.5 Å². The molecule has 9 rings (SSSR count). The number of likely N-dealkylation sites (tertiary alicyclic amines) is 2. The molecule has 4 N–H and O–H groups in total. The fourth-order valence-electron chi connectivity index (χ4n) is 11.7. The fourth-order valence-corrected chi connectivity index (χ4v) is 14.0. The average molecular weight is 1130 g/mol. The molecule has 4 saturated heterocycles. The number of aryl methyl sites for hydroxylation is 1. The topological polar surface area (TPSA) is 231 Å². The Morgan fingerprint density at radius 3 is 2.41 bits per heavy atom. The molecule has 4 aliphatic heterocycles. The molecule has 6 heterocycles. The van der Waals surface area contributed by atoms with Gasteiger partial charge >= 0.3 is 19.2 Å². The molecule has 2 aromatic heterocycles. The molecule has 4 fully saturated rings. The van der Waals surface area contributed by atoms with Crippen molar-refractivity contribution in [1.29, 1.82) is 0 Å². The third-order valence-electron chi connectivity index (χ3n) is 15.9. The van der Waals surface area contributed by atoms with Crippen molar-refractivity contribution in [3.63, 3.8) is 0 Å². The van der Waals surface area contributed by atoms with E-state index in [2.05, 4.69) is 20.6 Å². The zero-order chi connectivity index (χ0) is 56.5. The lowest BCUT2D eigenvalue weighted by atomic mass is 9.82. The first kappa shape index (κ1) is 57.6. The highest BCUT2D eigenvalue weighted by Crippen LogP contribution is 2.54. The van der Waals surface area contributed by atoms with Gasteiger partial charge in [-0.05, 0) is 128 Å². The van der Waals surface area contributed by atoms with Crippen molar-refractivity contribution in [3.8, 4) is 0 Å². The number of esters is 1. The second-order valence-corrected chi connectivity index (χ2v) is 25.7. The van der Waals surface area contributed by atoms with Crippen LogP contribution in [0.3, 0.4) is 0 Å². The molecule has 8 atom stereocenters. The Morgan fingerprint density at radius 2 is 1.70 bits per heavy atom. The van der Waals surface area contributed by atoms with E-state index < -0.39 is 60.8 Å². The number of carbonyl (C=O) groups excluding carboxylic acids is 6. The van der Waals surface area contributed by atoms with E-state index in [1.165, 1.54) is 23.6 Å². The number of ether oxygens (including phenoxy) is 2. The summed E-state index contributed by atoms with van der Waals surface area (Å²) in [5.41, 5.74) is 2.07. The van der Waals surface area contributed by atoms with Crippen molar-refractivity contribution in [2.24, 2.45) is 24.3 Å². The van der Waals surface area contributed by atoms with E-state index >= 15 is 14.0 Å². The molecule has 79 heavy (non-hydrogen) atoms. The zero-order valence-electron chi connectivity index (χ0n) is 45.7. The minimum atomic E-state index is -4.77. The van der Waals surface area contributed by atoms with E-state index in [1.54, 1.807) is 35.6 Å². The number of fused-ring (bicyclic) bond motifs is 2. The second-order valence-electron chi connectivity index (χ2n) is 22.7. The van der Waals surface area contributed by atoms with Crippen LogP contribution in [0.25, 0.3) is 21.1 Å². The SMILES string of the molecule is CCCOC(=O)[C@H](C)NP(=O)(O)[C@@H](F)c1ccc2sc(C(=O)N[C@H](C(=O)N3CC[C@@H](CC4CCN(Cc5ccc6c(c5)n(C)c(=O)n6[C@H]5CCC(=O)NC5=O)CC4)[C@H]3C(=O)N3CCO[C@H](c4ccccc4)C3)C(C)(C)C)cc2c1. The number of hydrogen-bond acceptors (Lipinski definition) is 12. The number of amides is 5. The third kappa shape index (κ3) is 12.6. The van der Waals surface area contributed by atoms with Crippen molar-refractivity contribution in [2.75, 3.05) is 45.9 Å². The van der Waals surface area contributed by atoms with Crippen LogP contribution in [-0.4, -0.2) is 128 Å². The highest BCUT2D eigenvalue weighted by Gasteiger charge is 2.49. The number of aromatic nitrogens is 2. The van der Waals surface area contributed by atoms with Crippen LogP contribution in [0.4, 0.5) is 4.39 Å². The van der Waals surface area contributed by atoms with Gasteiger partial charge in [0.2, 0.25) is 29.5 Å². The number of halogens is 1. The normalized spacial score (nSPS) is 22.6. The lowest BCUT2D eigenvalue weighted by molar-refractivity contribution is -0.152. The average Bonchev–Trinajstić information content (AvgIpc) is 4.35. The largest absolute Gasteiger partial charge is 0.465 e. The van der Waals surface area contributed by atoms with Gasteiger partial charge in [-0.3, -0.25) is 52.7 Å². The Labute approximate surface area is 462 Å². The van der Waals surface area contributed by atoms with E-state index in [0.717, 1.165) is 54.8 Å². The van der Waals surface area contributed by atoms with Gasteiger partial charge in [-0.15, -0.1) is 11.3 Å². The molecular weight excluding hydrogens is 1050 g/mol. The predicted molar refractivity (Wildman–Crippen MR) is 297 cm³/mol. The third-order valence-corrected chi connectivity index (χ3v) is 18.7. The first-order valence-corrected chi connectivity index (χ1v) is 29.9. The fraction of sp³-hybridized carbons (Fsp3) is 0.526. The van der Waals surface area contributed by atoms with E-state index in [4.69, 9.17) is 9.47 Å². The quantitative estimate of drug-likeness (QED) is 0.0423. The highest BCUT2D eigenvalue weighted by molar-refractivity contribution is 7.56. The summed E-state index contributed by atoms with van der Waals surface area (Å²) in [5, 5.41) is 8.02. The summed E-state index contributed by atoms with van der Waals surface area (Å²) in [4.78, 5) is 112. The molecule has 0 aliphatic carbocycles. The number of hydrogen-bond donors (Lipinski definition) is 4. The summed E-state index contributed by atoms with van der Waals surface area (Å²) in [5.74, 6) is -4.93. The monoisotopic (exact) mass is 1130 g/mol. The first-order valence-electron chi connectivity index (χ1n) is 27.4. The zero-order valence-corrected chi connectivity index (χ0v) is 47.4. The number of imide groups is 1. The number of imidazole rings is 1. The van der Waals surface area contributed by atoms with E-state index in [1.807, 2.05) is 74.2 Å². The highest BCUT2D eigenvalue weighted by atomic mass is 32.1. The number of rotatable bonds is 17. The Morgan fingerprint density at radius 1 is 0.949 bits per heavy atom. The lowest BCUT2D eigenvalue weighted by Gasteiger charge is -2.40. The van der Waals surface area contributed by atoms with Gasteiger partial charge in [0.25, 0.3) is 5.91 Å². The molecule has 5 aromatic rings. The summed E-state index contributed by atoms with van der Waals surface area (Å²) < 4.78 is 43.8. The lowest BCUT2D eigenvalue weighted by Crippen LogP contribution is -2.59. The first-order chi connectivity index (χ1) is 37.6. The molecule has 0 radical (unpaired) electrons. The van der Waals surface area contributed by atoms with Crippen molar-refractivity contribution in [1.82, 2.24) is 39.6 Å². The van der Waals surface area contributed by atoms with Crippen LogP contribution in [0.2, 0.25) is 0 Å². The van der Waals surface area contributed by atoms with Gasteiger partial charge in [-0.2, -0.15) is 0 Å². The number of morpholine rings is 1. The van der Waals surface area contributed by atoms with Gasteiger partial charge in [0.15, 0.2) is 0 Å². The van der Waals surface area contributed by atoms with Crippen LogP contribution in [0.5, 0.6) is 0 Å². The van der Waals surface area contributed by atoms with Crippen LogP contribution in [0.1, 0.15) is 124 Å². The summed E-state index contributed by atoms with van der Waals surface area (Å²) in [6, 6.07) is 17.6. The Bertz CT molecular complexity index is 3220. The predicted octanol–water partition coefficient (Wildman–Crippen LogP) is 6.88. The molecular formula is C57H72FN8O11PS. The molecule has 0 bridgehead atoms. The van der Waals surface area contributed by atoms with Crippen LogP contribution >= 0.6 is 18.9 Å². The van der Waals surface area contributed by atoms with E-state index in [9.17, 15) is 33.4 Å². The summed E-state index contributed by atoms with van der Waals surface area (Å²) in [6.07, 6.45) is 3.71. The number of nitrogens with zero attached hydrogens (tertiary/aromatic N) is 5. The van der Waals surface area contributed by atoms with Crippen molar-refractivity contribution < 1.29 is 52.1 Å².